The van der Waals surface area contributed by atoms with Crippen molar-refractivity contribution in [1.82, 2.24) is 15.2 Å². The summed E-state index contributed by atoms with van der Waals surface area (Å²) in [6.07, 6.45) is 2.66. The minimum Gasteiger partial charge on any atom is -0.444 e. The van der Waals surface area contributed by atoms with E-state index in [1.165, 1.54) is 0 Å². The normalized spacial score (nSPS) is 17.8. The first kappa shape index (κ1) is 25.1. The summed E-state index contributed by atoms with van der Waals surface area (Å²) < 4.78 is 7.29. The van der Waals surface area contributed by atoms with Crippen LogP contribution < -0.4 is 16.4 Å². The monoisotopic (exact) mass is 487 g/mol. The lowest BCUT2D eigenvalue weighted by Gasteiger charge is -2.30. The van der Waals surface area contributed by atoms with Gasteiger partial charge in [0.25, 0.3) is 5.91 Å². The molecule has 0 saturated heterocycles. The molecule has 2 amide bonds. The molecule has 4 rings (SSSR count). The number of nitriles is 1. The second-order valence-corrected chi connectivity index (χ2v) is 10.4. The third kappa shape index (κ3) is 6.16. The Kier molecular flexibility index (Phi) is 7.20. The second-order valence-electron chi connectivity index (χ2n) is 10.4. The molecule has 1 aliphatic carbocycles. The van der Waals surface area contributed by atoms with Crippen molar-refractivity contribution in [3.05, 3.63) is 65.4 Å². The molecule has 1 heterocycles. The van der Waals surface area contributed by atoms with Crippen molar-refractivity contribution in [3.8, 4) is 6.07 Å². The zero-order valence-electron chi connectivity index (χ0n) is 21.0. The van der Waals surface area contributed by atoms with E-state index in [0.29, 0.717) is 23.5 Å². The minimum absolute atomic E-state index is 0.0164. The number of carbonyl (C=O) groups is 2. The molecule has 4 N–H and O–H groups in total. The number of alkyl carbamates (subject to hydrolysis) is 1. The van der Waals surface area contributed by atoms with Crippen molar-refractivity contribution in [2.75, 3.05) is 5.73 Å². The fourth-order valence-corrected chi connectivity index (χ4v) is 4.67. The van der Waals surface area contributed by atoms with Crippen LogP contribution in [0.2, 0.25) is 0 Å². The summed E-state index contributed by atoms with van der Waals surface area (Å²) in [5, 5.41) is 16.4. The SMILES string of the molecule is CC(C)(C)OC(=O)NC1CCC(NC(=O)c2cc3ccc(C#N)cc3n2Cc2cccc(N)c2)CC1. The molecule has 188 valence electrons. The Labute approximate surface area is 211 Å². The Morgan fingerprint density at radius 1 is 1.06 bits per heavy atom. The lowest BCUT2D eigenvalue weighted by Crippen LogP contribution is -2.45. The number of nitrogens with one attached hydrogen (secondary N) is 2. The highest BCUT2D eigenvalue weighted by atomic mass is 16.6. The van der Waals surface area contributed by atoms with Gasteiger partial charge in [0, 0.05) is 29.7 Å². The number of nitrogens with zero attached hydrogens (tertiary/aromatic N) is 2. The number of nitrogens with two attached hydrogens (primary N) is 1. The van der Waals surface area contributed by atoms with Gasteiger partial charge in [0.1, 0.15) is 11.3 Å². The number of nitrogen functional groups attached to an aromatic ring is 1. The standard InChI is InChI=1S/C28H33N5O3/c1-28(2,3)36-27(35)32-23-11-9-22(10-12-23)31-26(34)25-15-20-8-7-18(16-29)14-24(20)33(25)17-19-5-4-6-21(30)13-19/h4-8,13-15,22-23H,9-12,17,30H2,1-3H3,(H,31,34)(H,32,35). The number of fused-ring (bicyclic) bond motifs is 1. The maximum Gasteiger partial charge on any atom is 0.407 e. The second kappa shape index (κ2) is 10.3. The summed E-state index contributed by atoms with van der Waals surface area (Å²) in [5.74, 6) is -0.155. The van der Waals surface area contributed by atoms with Crippen molar-refractivity contribution >= 4 is 28.6 Å². The maximum atomic E-state index is 13.4. The number of anilines is 1. The average molecular weight is 488 g/mol. The Bertz CT molecular complexity index is 1310. The molecular formula is C28H33N5O3. The summed E-state index contributed by atoms with van der Waals surface area (Å²) in [5.41, 5.74) is 8.97. The highest BCUT2D eigenvalue weighted by Gasteiger charge is 2.27. The molecule has 1 saturated carbocycles. The summed E-state index contributed by atoms with van der Waals surface area (Å²) in [6, 6.07) is 17.1. The van der Waals surface area contributed by atoms with Gasteiger partial charge in [-0.25, -0.2) is 4.79 Å². The molecule has 0 aliphatic heterocycles. The van der Waals surface area contributed by atoms with Gasteiger partial charge in [-0.1, -0.05) is 18.2 Å². The molecule has 0 atom stereocenters. The molecule has 36 heavy (non-hydrogen) atoms. The Morgan fingerprint density at radius 3 is 2.39 bits per heavy atom. The smallest absolute Gasteiger partial charge is 0.407 e. The number of hydrogen-bond donors (Lipinski definition) is 3. The van der Waals surface area contributed by atoms with Crippen LogP contribution in [0.1, 0.15) is 68.1 Å². The van der Waals surface area contributed by atoms with Gasteiger partial charge in [-0.15, -0.1) is 0 Å². The maximum absolute atomic E-state index is 13.4. The average Bonchev–Trinajstić information content (AvgIpc) is 3.16. The van der Waals surface area contributed by atoms with Crippen LogP contribution in [-0.2, 0) is 11.3 Å². The van der Waals surface area contributed by atoms with Crippen LogP contribution in [0.3, 0.4) is 0 Å². The number of rotatable bonds is 5. The molecule has 1 aliphatic rings. The van der Waals surface area contributed by atoms with Crippen LogP contribution >= 0.6 is 0 Å². The van der Waals surface area contributed by atoms with Gasteiger partial charge in [0.05, 0.1) is 17.1 Å². The first-order valence-corrected chi connectivity index (χ1v) is 12.3. The van der Waals surface area contributed by atoms with E-state index in [1.54, 1.807) is 6.07 Å². The summed E-state index contributed by atoms with van der Waals surface area (Å²) >= 11 is 0. The molecular weight excluding hydrogens is 454 g/mol. The number of amides is 2. The van der Waals surface area contributed by atoms with E-state index >= 15 is 0 Å². The molecule has 0 unspecified atom stereocenters. The van der Waals surface area contributed by atoms with Crippen molar-refractivity contribution in [2.45, 2.75) is 70.7 Å². The predicted octanol–water partition coefficient (Wildman–Crippen LogP) is 4.71. The number of benzene rings is 2. The van der Waals surface area contributed by atoms with Gasteiger partial charge >= 0.3 is 6.09 Å². The van der Waals surface area contributed by atoms with E-state index in [4.69, 9.17) is 10.5 Å². The van der Waals surface area contributed by atoms with Gasteiger partial charge in [-0.3, -0.25) is 4.79 Å². The van der Waals surface area contributed by atoms with E-state index in [1.807, 2.05) is 67.8 Å². The van der Waals surface area contributed by atoms with Gasteiger partial charge in [-0.2, -0.15) is 5.26 Å². The molecule has 3 aromatic rings. The van der Waals surface area contributed by atoms with Crippen molar-refractivity contribution in [1.29, 1.82) is 5.26 Å². The van der Waals surface area contributed by atoms with Crippen LogP contribution in [0.25, 0.3) is 10.9 Å². The van der Waals surface area contributed by atoms with Crippen LogP contribution in [0, 0.1) is 11.3 Å². The first-order valence-electron chi connectivity index (χ1n) is 12.3. The van der Waals surface area contributed by atoms with Crippen molar-refractivity contribution in [2.24, 2.45) is 0 Å². The van der Waals surface area contributed by atoms with Gasteiger partial charge in [0.15, 0.2) is 0 Å². The quantitative estimate of drug-likeness (QED) is 0.450. The molecule has 1 aromatic heterocycles. The Morgan fingerprint density at radius 2 is 1.75 bits per heavy atom. The molecule has 1 fully saturated rings. The third-order valence-corrected chi connectivity index (χ3v) is 6.34. The third-order valence-electron chi connectivity index (χ3n) is 6.34. The fraction of sp³-hybridized carbons (Fsp3) is 0.393. The van der Waals surface area contributed by atoms with E-state index in [0.717, 1.165) is 42.1 Å². The van der Waals surface area contributed by atoms with Crippen molar-refractivity contribution in [3.63, 3.8) is 0 Å². The van der Waals surface area contributed by atoms with Gasteiger partial charge in [0.2, 0.25) is 0 Å². The highest BCUT2D eigenvalue weighted by molar-refractivity contribution is 5.99. The highest BCUT2D eigenvalue weighted by Crippen LogP contribution is 2.25. The minimum atomic E-state index is -0.535. The number of carbonyl (C=O) groups excluding carboxylic acids is 2. The molecule has 2 aromatic carbocycles. The van der Waals surface area contributed by atoms with Crippen LogP contribution in [0.15, 0.2) is 48.5 Å². The zero-order valence-corrected chi connectivity index (χ0v) is 21.0. The molecule has 0 radical (unpaired) electrons. The van der Waals surface area contributed by atoms with Crippen LogP contribution in [0.5, 0.6) is 0 Å². The van der Waals surface area contributed by atoms with E-state index in [9.17, 15) is 14.9 Å². The first-order chi connectivity index (χ1) is 17.1. The zero-order chi connectivity index (χ0) is 25.9. The molecule has 0 spiro atoms. The Hall–Kier alpha value is -3.99. The molecule has 8 nitrogen and oxygen atoms in total. The van der Waals surface area contributed by atoms with E-state index in [2.05, 4.69) is 16.7 Å². The topological polar surface area (TPSA) is 122 Å². The van der Waals surface area contributed by atoms with E-state index in [-0.39, 0.29) is 18.0 Å². The lowest BCUT2D eigenvalue weighted by molar-refractivity contribution is 0.0488. The fourth-order valence-electron chi connectivity index (χ4n) is 4.67. The van der Waals surface area contributed by atoms with Crippen molar-refractivity contribution < 1.29 is 14.3 Å². The summed E-state index contributed by atoms with van der Waals surface area (Å²) in [7, 11) is 0. The van der Waals surface area contributed by atoms with Crippen LogP contribution in [0.4, 0.5) is 10.5 Å². The largest absolute Gasteiger partial charge is 0.444 e. The van der Waals surface area contributed by atoms with Crippen LogP contribution in [-0.4, -0.2) is 34.3 Å². The summed E-state index contributed by atoms with van der Waals surface area (Å²) in [6.45, 7) is 5.98. The predicted molar refractivity (Wildman–Crippen MR) is 139 cm³/mol. The number of hydrogen-bond acceptors (Lipinski definition) is 5. The lowest BCUT2D eigenvalue weighted by atomic mass is 9.91. The number of ether oxygens (including phenoxy) is 1. The Balaban J connectivity index is 1.48. The molecule has 8 heteroatoms. The number of aromatic nitrogens is 1. The van der Waals surface area contributed by atoms with Gasteiger partial charge < -0.3 is 25.7 Å². The molecule has 0 bridgehead atoms. The summed E-state index contributed by atoms with van der Waals surface area (Å²) in [4.78, 5) is 25.5. The van der Waals surface area contributed by atoms with Gasteiger partial charge in [-0.05, 0) is 82.3 Å². The van der Waals surface area contributed by atoms with E-state index < -0.39 is 11.7 Å².